The molecule has 0 aromatic heterocycles. The van der Waals surface area contributed by atoms with Gasteiger partial charge in [-0.2, -0.15) is 0 Å². The van der Waals surface area contributed by atoms with Gasteiger partial charge in [-0.05, 0) is 30.7 Å². The molecule has 0 aliphatic carbocycles. The molecule has 1 aliphatic heterocycles. The Kier molecular flexibility index (Phi) is 5.99. The van der Waals surface area contributed by atoms with Crippen molar-refractivity contribution in [3.8, 4) is 5.75 Å². The van der Waals surface area contributed by atoms with Crippen LogP contribution in [-0.2, 0) is 13.0 Å². The molecule has 0 spiro atoms. The molecule has 0 saturated carbocycles. The molecular formula is C15H21BrClNO. The van der Waals surface area contributed by atoms with Crippen molar-refractivity contribution >= 4 is 27.5 Å². The maximum absolute atomic E-state index is 6.21. The van der Waals surface area contributed by atoms with E-state index < -0.39 is 0 Å². The Morgan fingerprint density at radius 2 is 2.21 bits per heavy atom. The standard InChI is InChI=1S/C15H21BrClNO/c1-2-3-6-18(7-5-16)11-13-10-14(17)9-12-4-8-19-15(12)13/h9-10H,2-8,11H2,1H3. The zero-order valence-electron chi connectivity index (χ0n) is 11.4. The normalized spacial score (nSPS) is 13.7. The van der Waals surface area contributed by atoms with Crippen molar-refractivity contribution in [2.75, 3.05) is 25.0 Å². The lowest BCUT2D eigenvalue weighted by Gasteiger charge is -2.22. The van der Waals surface area contributed by atoms with Gasteiger partial charge in [0.15, 0.2) is 0 Å². The van der Waals surface area contributed by atoms with Crippen LogP contribution in [0.2, 0.25) is 5.02 Å². The molecule has 0 fully saturated rings. The van der Waals surface area contributed by atoms with Gasteiger partial charge in [0.25, 0.3) is 0 Å². The van der Waals surface area contributed by atoms with Crippen molar-refractivity contribution in [3.63, 3.8) is 0 Å². The molecule has 0 bridgehead atoms. The summed E-state index contributed by atoms with van der Waals surface area (Å²) in [4.78, 5) is 2.46. The molecule has 2 nitrogen and oxygen atoms in total. The molecule has 2 rings (SSSR count). The number of nitrogens with zero attached hydrogens (tertiary/aromatic N) is 1. The summed E-state index contributed by atoms with van der Waals surface area (Å²) < 4.78 is 5.77. The Morgan fingerprint density at radius 3 is 2.95 bits per heavy atom. The van der Waals surface area contributed by atoms with Crippen LogP contribution in [-0.4, -0.2) is 29.9 Å². The Balaban J connectivity index is 2.12. The van der Waals surface area contributed by atoms with Gasteiger partial charge in [-0.1, -0.05) is 40.9 Å². The van der Waals surface area contributed by atoms with Crippen LogP contribution in [0, 0.1) is 0 Å². The highest BCUT2D eigenvalue weighted by Crippen LogP contribution is 2.33. The minimum atomic E-state index is 0.788. The fourth-order valence-corrected chi connectivity index (χ4v) is 3.24. The van der Waals surface area contributed by atoms with Gasteiger partial charge in [0.1, 0.15) is 5.75 Å². The minimum absolute atomic E-state index is 0.788. The van der Waals surface area contributed by atoms with E-state index in [1.165, 1.54) is 24.0 Å². The molecule has 1 aromatic carbocycles. The highest BCUT2D eigenvalue weighted by Gasteiger charge is 2.19. The van der Waals surface area contributed by atoms with E-state index in [9.17, 15) is 0 Å². The van der Waals surface area contributed by atoms with Gasteiger partial charge in [0.2, 0.25) is 0 Å². The smallest absolute Gasteiger partial charge is 0.127 e. The monoisotopic (exact) mass is 345 g/mol. The quantitative estimate of drug-likeness (QED) is 0.684. The lowest BCUT2D eigenvalue weighted by molar-refractivity contribution is 0.271. The van der Waals surface area contributed by atoms with Gasteiger partial charge >= 0.3 is 0 Å². The van der Waals surface area contributed by atoms with E-state index in [-0.39, 0.29) is 0 Å². The molecule has 0 unspecified atom stereocenters. The largest absolute Gasteiger partial charge is 0.493 e. The third-order valence-electron chi connectivity index (χ3n) is 3.45. The van der Waals surface area contributed by atoms with Crippen LogP contribution in [0.15, 0.2) is 12.1 Å². The Hall–Kier alpha value is -0.250. The summed E-state index contributed by atoms with van der Waals surface area (Å²) in [6, 6.07) is 4.09. The van der Waals surface area contributed by atoms with E-state index in [4.69, 9.17) is 16.3 Å². The number of rotatable bonds is 7. The van der Waals surface area contributed by atoms with Crippen molar-refractivity contribution in [2.24, 2.45) is 0 Å². The van der Waals surface area contributed by atoms with Crippen LogP contribution in [0.5, 0.6) is 5.75 Å². The maximum Gasteiger partial charge on any atom is 0.127 e. The van der Waals surface area contributed by atoms with Gasteiger partial charge in [-0.15, -0.1) is 0 Å². The minimum Gasteiger partial charge on any atom is -0.493 e. The summed E-state index contributed by atoms with van der Waals surface area (Å²) in [6.07, 6.45) is 3.44. The van der Waals surface area contributed by atoms with Crippen LogP contribution < -0.4 is 4.74 Å². The van der Waals surface area contributed by atoms with Crippen molar-refractivity contribution in [2.45, 2.75) is 32.7 Å². The molecule has 0 atom stereocenters. The summed E-state index contributed by atoms with van der Waals surface area (Å²) in [7, 11) is 0. The number of hydrogen-bond donors (Lipinski definition) is 0. The molecule has 0 radical (unpaired) electrons. The fourth-order valence-electron chi connectivity index (χ4n) is 2.48. The first-order valence-electron chi connectivity index (χ1n) is 6.97. The van der Waals surface area contributed by atoms with Gasteiger partial charge in [0, 0.05) is 35.4 Å². The summed E-state index contributed by atoms with van der Waals surface area (Å²) in [5.74, 6) is 1.07. The summed E-state index contributed by atoms with van der Waals surface area (Å²) >= 11 is 9.74. The molecule has 4 heteroatoms. The third-order valence-corrected chi connectivity index (χ3v) is 4.02. The molecule has 19 heavy (non-hydrogen) atoms. The number of halogens is 2. The highest BCUT2D eigenvalue weighted by molar-refractivity contribution is 9.09. The summed E-state index contributed by atoms with van der Waals surface area (Å²) in [5, 5.41) is 1.83. The average molecular weight is 347 g/mol. The Bertz CT molecular complexity index is 425. The highest BCUT2D eigenvalue weighted by atomic mass is 79.9. The third kappa shape index (κ3) is 4.11. The maximum atomic E-state index is 6.21. The first-order valence-corrected chi connectivity index (χ1v) is 8.47. The van der Waals surface area contributed by atoms with Gasteiger partial charge in [-0.25, -0.2) is 0 Å². The predicted octanol–water partition coefficient (Wildman–Crippen LogP) is 4.27. The number of unbranched alkanes of at least 4 members (excludes halogenated alkanes) is 1. The first kappa shape index (κ1) is 15.1. The second-order valence-corrected chi connectivity index (χ2v) is 6.20. The number of hydrogen-bond acceptors (Lipinski definition) is 2. The lowest BCUT2D eigenvalue weighted by atomic mass is 10.1. The van der Waals surface area contributed by atoms with Crippen LogP contribution in [0.25, 0.3) is 0 Å². The second kappa shape index (κ2) is 7.51. The van der Waals surface area contributed by atoms with Gasteiger partial charge in [0.05, 0.1) is 6.61 Å². The van der Waals surface area contributed by atoms with E-state index in [0.717, 1.165) is 48.8 Å². The zero-order valence-corrected chi connectivity index (χ0v) is 13.8. The van der Waals surface area contributed by atoms with Gasteiger partial charge in [-0.3, -0.25) is 4.90 Å². The Morgan fingerprint density at radius 1 is 1.37 bits per heavy atom. The van der Waals surface area contributed by atoms with Crippen molar-refractivity contribution in [1.29, 1.82) is 0 Å². The number of fused-ring (bicyclic) bond motifs is 1. The van der Waals surface area contributed by atoms with E-state index in [0.29, 0.717) is 0 Å². The number of ether oxygens (including phenoxy) is 1. The van der Waals surface area contributed by atoms with E-state index >= 15 is 0 Å². The number of benzene rings is 1. The van der Waals surface area contributed by atoms with Crippen LogP contribution >= 0.6 is 27.5 Å². The molecule has 0 amide bonds. The fraction of sp³-hybridized carbons (Fsp3) is 0.600. The molecule has 0 saturated heterocycles. The molecule has 1 aliphatic rings. The average Bonchev–Trinajstić information content (AvgIpc) is 2.84. The number of alkyl halides is 1. The predicted molar refractivity (Wildman–Crippen MR) is 84.6 cm³/mol. The van der Waals surface area contributed by atoms with Crippen LogP contribution in [0.4, 0.5) is 0 Å². The summed E-state index contributed by atoms with van der Waals surface area (Å²) in [5.41, 5.74) is 2.49. The second-order valence-electron chi connectivity index (χ2n) is 4.97. The molecule has 1 heterocycles. The van der Waals surface area contributed by atoms with E-state index in [1.807, 2.05) is 6.07 Å². The van der Waals surface area contributed by atoms with E-state index in [1.54, 1.807) is 0 Å². The topological polar surface area (TPSA) is 12.5 Å². The zero-order chi connectivity index (χ0) is 13.7. The van der Waals surface area contributed by atoms with Crippen LogP contribution in [0.3, 0.4) is 0 Å². The van der Waals surface area contributed by atoms with E-state index in [2.05, 4.69) is 33.8 Å². The first-order chi connectivity index (χ1) is 9.24. The van der Waals surface area contributed by atoms with Crippen molar-refractivity contribution in [3.05, 3.63) is 28.3 Å². The Labute approximate surface area is 129 Å². The summed E-state index contributed by atoms with van der Waals surface area (Å²) in [6.45, 7) is 6.13. The molecule has 0 N–H and O–H groups in total. The van der Waals surface area contributed by atoms with Gasteiger partial charge < -0.3 is 4.74 Å². The molecule has 106 valence electrons. The molecule has 1 aromatic rings. The lowest BCUT2D eigenvalue weighted by Crippen LogP contribution is -2.26. The van der Waals surface area contributed by atoms with Crippen molar-refractivity contribution in [1.82, 2.24) is 4.90 Å². The molecular weight excluding hydrogens is 326 g/mol. The SMILES string of the molecule is CCCCN(CCBr)Cc1cc(Cl)cc2c1OCC2. The van der Waals surface area contributed by atoms with Crippen LogP contribution in [0.1, 0.15) is 30.9 Å². The van der Waals surface area contributed by atoms with Crippen molar-refractivity contribution < 1.29 is 4.74 Å².